The number of fused-ring (bicyclic) bond motifs is 1. The molecule has 3 rings (SSSR count). The van der Waals surface area contributed by atoms with E-state index in [1.807, 2.05) is 0 Å². The molecule has 0 bridgehead atoms. The smallest absolute Gasteiger partial charge is 0.122 e. The second-order valence-corrected chi connectivity index (χ2v) is 5.29. The number of rotatable bonds is 2. The molecule has 1 N–H and O–H groups in total. The van der Waals surface area contributed by atoms with Crippen LogP contribution in [-0.4, -0.2) is 37.2 Å². The predicted octanol–water partition coefficient (Wildman–Crippen LogP) is 2.13. The van der Waals surface area contributed by atoms with Crippen LogP contribution in [0.3, 0.4) is 0 Å². The maximum absolute atomic E-state index is 5.52. The Labute approximate surface area is 103 Å². The molecule has 1 aromatic carbocycles. The van der Waals surface area contributed by atoms with Gasteiger partial charge in [0, 0.05) is 30.7 Å². The highest BCUT2D eigenvalue weighted by Crippen LogP contribution is 2.29. The molecule has 0 aliphatic carbocycles. The summed E-state index contributed by atoms with van der Waals surface area (Å²) in [7, 11) is 2.20. The Kier molecular flexibility index (Phi) is 2.71. The standard InChI is InChI=1S/C14H20N2O/c1-10-7-13(9-16(10)2)15-12-3-4-14-11(8-12)5-6-17-14/h3-4,8,10,13,15H,5-7,9H2,1-2H3. The lowest BCUT2D eigenvalue weighted by Gasteiger charge is -2.15. The molecule has 0 amide bonds. The maximum Gasteiger partial charge on any atom is 0.122 e. The van der Waals surface area contributed by atoms with Crippen molar-refractivity contribution in [2.24, 2.45) is 0 Å². The van der Waals surface area contributed by atoms with Gasteiger partial charge in [-0.3, -0.25) is 0 Å². The molecule has 1 aromatic rings. The minimum absolute atomic E-state index is 0.579. The topological polar surface area (TPSA) is 24.5 Å². The van der Waals surface area contributed by atoms with Crippen molar-refractivity contribution in [2.45, 2.75) is 31.8 Å². The van der Waals surface area contributed by atoms with Gasteiger partial charge in [-0.25, -0.2) is 0 Å². The lowest BCUT2D eigenvalue weighted by Crippen LogP contribution is -2.24. The first-order chi connectivity index (χ1) is 8.22. The summed E-state index contributed by atoms with van der Waals surface area (Å²) in [4.78, 5) is 2.41. The first-order valence-electron chi connectivity index (χ1n) is 6.45. The van der Waals surface area contributed by atoms with Crippen molar-refractivity contribution in [2.75, 3.05) is 25.5 Å². The van der Waals surface area contributed by atoms with Crippen LogP contribution in [0.1, 0.15) is 18.9 Å². The Balaban J connectivity index is 1.69. The van der Waals surface area contributed by atoms with Crippen LogP contribution < -0.4 is 10.1 Å². The second kappa shape index (κ2) is 4.22. The molecule has 2 aliphatic rings. The molecule has 2 atom stereocenters. The Morgan fingerprint density at radius 3 is 3.06 bits per heavy atom. The minimum atomic E-state index is 0.579. The van der Waals surface area contributed by atoms with Gasteiger partial charge in [-0.1, -0.05) is 0 Å². The molecule has 3 heteroatoms. The summed E-state index contributed by atoms with van der Waals surface area (Å²) in [6.07, 6.45) is 2.27. The fourth-order valence-electron chi connectivity index (χ4n) is 2.81. The number of likely N-dealkylation sites (N-methyl/N-ethyl adjacent to an activating group) is 1. The average Bonchev–Trinajstić information content (AvgIpc) is 2.86. The normalized spacial score (nSPS) is 27.9. The van der Waals surface area contributed by atoms with Gasteiger partial charge in [-0.2, -0.15) is 0 Å². The Morgan fingerprint density at radius 1 is 1.41 bits per heavy atom. The number of nitrogens with one attached hydrogen (secondary N) is 1. The van der Waals surface area contributed by atoms with Crippen LogP contribution in [0.2, 0.25) is 0 Å². The van der Waals surface area contributed by atoms with Gasteiger partial charge >= 0.3 is 0 Å². The number of hydrogen-bond donors (Lipinski definition) is 1. The second-order valence-electron chi connectivity index (χ2n) is 5.29. The summed E-state index contributed by atoms with van der Waals surface area (Å²) in [6.45, 7) is 4.26. The number of hydrogen-bond acceptors (Lipinski definition) is 3. The van der Waals surface area contributed by atoms with Crippen molar-refractivity contribution in [3.8, 4) is 5.75 Å². The summed E-state index contributed by atoms with van der Waals surface area (Å²) < 4.78 is 5.52. The highest BCUT2D eigenvalue weighted by atomic mass is 16.5. The highest BCUT2D eigenvalue weighted by molar-refractivity contribution is 5.53. The van der Waals surface area contributed by atoms with Gasteiger partial charge in [0.15, 0.2) is 0 Å². The molecule has 0 saturated carbocycles. The summed E-state index contributed by atoms with van der Waals surface area (Å²) in [5.41, 5.74) is 2.58. The van der Waals surface area contributed by atoms with E-state index in [2.05, 4.69) is 42.4 Å². The fourth-order valence-corrected chi connectivity index (χ4v) is 2.81. The summed E-state index contributed by atoms with van der Waals surface area (Å²) >= 11 is 0. The molecule has 0 aromatic heterocycles. The van der Waals surface area contributed by atoms with Crippen molar-refractivity contribution >= 4 is 5.69 Å². The van der Waals surface area contributed by atoms with Crippen LogP contribution in [0.5, 0.6) is 5.75 Å². The van der Waals surface area contributed by atoms with E-state index in [0.717, 1.165) is 25.3 Å². The largest absolute Gasteiger partial charge is 0.493 e. The molecular formula is C14H20N2O. The quantitative estimate of drug-likeness (QED) is 0.845. The molecule has 17 heavy (non-hydrogen) atoms. The van der Waals surface area contributed by atoms with E-state index in [0.29, 0.717) is 12.1 Å². The van der Waals surface area contributed by atoms with Crippen molar-refractivity contribution in [1.82, 2.24) is 4.90 Å². The molecule has 2 unspecified atom stereocenters. The third-order valence-corrected chi connectivity index (χ3v) is 3.95. The van der Waals surface area contributed by atoms with Crippen LogP contribution in [0, 0.1) is 0 Å². The zero-order chi connectivity index (χ0) is 11.8. The summed E-state index contributed by atoms with van der Waals surface area (Å²) in [6, 6.07) is 7.73. The van der Waals surface area contributed by atoms with Crippen molar-refractivity contribution in [3.63, 3.8) is 0 Å². The van der Waals surface area contributed by atoms with Crippen LogP contribution in [0.15, 0.2) is 18.2 Å². The third kappa shape index (κ3) is 2.12. The molecule has 1 fully saturated rings. The first-order valence-corrected chi connectivity index (χ1v) is 6.45. The molecular weight excluding hydrogens is 212 g/mol. The first kappa shape index (κ1) is 10.9. The van der Waals surface area contributed by atoms with Crippen molar-refractivity contribution in [1.29, 1.82) is 0 Å². The summed E-state index contributed by atoms with van der Waals surface area (Å²) in [5.74, 6) is 1.06. The third-order valence-electron chi connectivity index (χ3n) is 3.95. The van der Waals surface area contributed by atoms with Crippen LogP contribution in [-0.2, 0) is 6.42 Å². The number of benzene rings is 1. The van der Waals surface area contributed by atoms with Crippen LogP contribution >= 0.6 is 0 Å². The van der Waals surface area contributed by atoms with E-state index in [1.54, 1.807) is 0 Å². The summed E-state index contributed by atoms with van der Waals surface area (Å²) in [5, 5.41) is 3.63. The van der Waals surface area contributed by atoms with Crippen LogP contribution in [0.25, 0.3) is 0 Å². The number of ether oxygens (including phenoxy) is 1. The van der Waals surface area contributed by atoms with E-state index >= 15 is 0 Å². The molecule has 2 aliphatic heterocycles. The van der Waals surface area contributed by atoms with E-state index < -0.39 is 0 Å². The number of anilines is 1. The lowest BCUT2D eigenvalue weighted by molar-refractivity contribution is 0.330. The molecule has 0 spiro atoms. The Hall–Kier alpha value is -1.22. The van der Waals surface area contributed by atoms with Gasteiger partial charge in [0.25, 0.3) is 0 Å². The maximum atomic E-state index is 5.52. The highest BCUT2D eigenvalue weighted by Gasteiger charge is 2.26. The lowest BCUT2D eigenvalue weighted by atomic mass is 10.1. The SMILES string of the molecule is CC1CC(Nc2ccc3c(c2)CCO3)CN1C. The number of likely N-dealkylation sites (tertiary alicyclic amines) is 1. The zero-order valence-corrected chi connectivity index (χ0v) is 10.6. The van der Waals surface area contributed by atoms with Gasteiger partial charge in [-0.15, -0.1) is 0 Å². The van der Waals surface area contributed by atoms with Gasteiger partial charge in [-0.05, 0) is 44.2 Å². The molecule has 2 heterocycles. The van der Waals surface area contributed by atoms with Gasteiger partial charge < -0.3 is 15.0 Å². The molecule has 0 radical (unpaired) electrons. The van der Waals surface area contributed by atoms with E-state index in [-0.39, 0.29) is 0 Å². The Bertz CT molecular complexity index is 409. The number of nitrogens with zero attached hydrogens (tertiary/aromatic N) is 1. The van der Waals surface area contributed by atoms with Gasteiger partial charge in [0.05, 0.1) is 6.61 Å². The Morgan fingerprint density at radius 2 is 2.29 bits per heavy atom. The van der Waals surface area contributed by atoms with E-state index in [1.165, 1.54) is 17.7 Å². The average molecular weight is 232 g/mol. The van der Waals surface area contributed by atoms with E-state index in [9.17, 15) is 0 Å². The molecule has 1 saturated heterocycles. The predicted molar refractivity (Wildman–Crippen MR) is 69.8 cm³/mol. The van der Waals surface area contributed by atoms with E-state index in [4.69, 9.17) is 4.74 Å². The monoisotopic (exact) mass is 232 g/mol. The molecule has 3 nitrogen and oxygen atoms in total. The van der Waals surface area contributed by atoms with Gasteiger partial charge in [0.2, 0.25) is 0 Å². The van der Waals surface area contributed by atoms with Crippen molar-refractivity contribution in [3.05, 3.63) is 23.8 Å². The minimum Gasteiger partial charge on any atom is -0.493 e. The zero-order valence-electron chi connectivity index (χ0n) is 10.6. The van der Waals surface area contributed by atoms with Crippen molar-refractivity contribution < 1.29 is 4.74 Å². The van der Waals surface area contributed by atoms with Crippen LogP contribution in [0.4, 0.5) is 5.69 Å². The molecule has 92 valence electrons. The van der Waals surface area contributed by atoms with Gasteiger partial charge in [0.1, 0.15) is 5.75 Å². The fraction of sp³-hybridized carbons (Fsp3) is 0.571.